The molecule has 1 atom stereocenters. The van der Waals surface area contributed by atoms with Gasteiger partial charge in [0.25, 0.3) is 5.69 Å². The number of nitrogens with two attached hydrogens (primary N) is 1. The van der Waals surface area contributed by atoms with E-state index in [0.29, 0.717) is 0 Å². The van der Waals surface area contributed by atoms with E-state index in [2.05, 4.69) is 15.9 Å². The largest absolute Gasteiger partial charge is 0.506 e. The Morgan fingerprint density at radius 3 is 2.42 bits per heavy atom. The van der Waals surface area contributed by atoms with E-state index in [0.717, 1.165) is 12.1 Å². The van der Waals surface area contributed by atoms with Crippen LogP contribution in [0.15, 0.2) is 16.6 Å². The summed E-state index contributed by atoms with van der Waals surface area (Å²) < 4.78 is 36.4. The van der Waals surface area contributed by atoms with Gasteiger partial charge in [-0.05, 0) is 15.9 Å². The molecule has 0 aliphatic carbocycles. The maximum Gasteiger partial charge on any atom is 0.390 e. The Balaban J connectivity index is 0.00000324. The molecule has 1 aromatic rings. The fraction of sp³-hybridized carbons (Fsp3) is 0.333. The first kappa shape index (κ1) is 17.9. The third-order valence-corrected chi connectivity index (χ3v) is 2.74. The van der Waals surface area contributed by atoms with Gasteiger partial charge >= 0.3 is 6.18 Å². The maximum absolute atomic E-state index is 12.2. The Hall–Kier alpha value is -1.06. The van der Waals surface area contributed by atoms with Gasteiger partial charge in [0.1, 0.15) is 5.75 Å². The second-order valence-electron chi connectivity index (χ2n) is 3.55. The number of rotatable bonds is 3. The molecule has 0 bridgehead atoms. The van der Waals surface area contributed by atoms with Crippen molar-refractivity contribution >= 4 is 34.0 Å². The molecule has 3 N–H and O–H groups in total. The van der Waals surface area contributed by atoms with E-state index < -0.39 is 35.0 Å². The number of benzene rings is 1. The average molecular weight is 366 g/mol. The lowest BCUT2D eigenvalue weighted by molar-refractivity contribution is -0.385. The molecule has 108 valence electrons. The standard InChI is InChI=1S/C9H8BrF3N2O3.ClH/c10-6-2-4(15(17)18)1-5(8(6)16)7(14)3-9(11,12)13;/h1-2,7,16H,3,14H2;1H/t7-;/m0./s1. The van der Waals surface area contributed by atoms with Crippen molar-refractivity contribution in [2.45, 2.75) is 18.6 Å². The van der Waals surface area contributed by atoms with Crippen LogP contribution in [0.3, 0.4) is 0 Å². The van der Waals surface area contributed by atoms with Crippen LogP contribution in [-0.4, -0.2) is 16.2 Å². The van der Waals surface area contributed by atoms with Gasteiger partial charge in [-0.2, -0.15) is 13.2 Å². The quantitative estimate of drug-likeness (QED) is 0.634. The number of hydrogen-bond donors (Lipinski definition) is 2. The van der Waals surface area contributed by atoms with Crippen molar-refractivity contribution in [3.8, 4) is 5.75 Å². The second-order valence-corrected chi connectivity index (χ2v) is 4.40. The highest BCUT2D eigenvalue weighted by molar-refractivity contribution is 9.10. The summed E-state index contributed by atoms with van der Waals surface area (Å²) in [6.45, 7) is 0. The number of nitrogens with zero attached hydrogens (tertiary/aromatic N) is 1. The normalized spacial score (nSPS) is 12.7. The van der Waals surface area contributed by atoms with Crippen molar-refractivity contribution in [2.75, 3.05) is 0 Å². The molecule has 1 aromatic carbocycles. The summed E-state index contributed by atoms with van der Waals surface area (Å²) >= 11 is 2.82. The number of halogens is 5. The van der Waals surface area contributed by atoms with Crippen LogP contribution in [0.1, 0.15) is 18.0 Å². The molecule has 0 heterocycles. The van der Waals surface area contributed by atoms with Crippen LogP contribution in [0.4, 0.5) is 18.9 Å². The van der Waals surface area contributed by atoms with Crippen LogP contribution >= 0.6 is 28.3 Å². The average Bonchev–Trinajstić information content (AvgIpc) is 2.18. The molecule has 10 heteroatoms. The van der Waals surface area contributed by atoms with Gasteiger partial charge in [-0.25, -0.2) is 0 Å². The second kappa shape index (κ2) is 6.40. The monoisotopic (exact) mass is 364 g/mol. The summed E-state index contributed by atoms with van der Waals surface area (Å²) in [5.74, 6) is -0.530. The molecule has 1 rings (SSSR count). The van der Waals surface area contributed by atoms with E-state index in [4.69, 9.17) is 5.73 Å². The minimum atomic E-state index is -4.52. The highest BCUT2D eigenvalue weighted by Gasteiger charge is 2.33. The lowest BCUT2D eigenvalue weighted by Gasteiger charge is -2.16. The van der Waals surface area contributed by atoms with E-state index in [1.54, 1.807) is 0 Å². The Labute approximate surface area is 120 Å². The number of non-ortho nitro benzene ring substituents is 1. The van der Waals surface area contributed by atoms with Crippen molar-refractivity contribution in [3.05, 3.63) is 32.3 Å². The molecule has 0 saturated carbocycles. The summed E-state index contributed by atoms with van der Waals surface area (Å²) in [5.41, 5.74) is 4.52. The molecule has 0 amide bonds. The number of phenolic OH excluding ortho intramolecular Hbond substituents is 1. The van der Waals surface area contributed by atoms with Crippen LogP contribution in [0.5, 0.6) is 5.75 Å². The molecule has 0 aliphatic rings. The Morgan fingerprint density at radius 1 is 1.47 bits per heavy atom. The van der Waals surface area contributed by atoms with Gasteiger partial charge in [0.05, 0.1) is 15.8 Å². The fourth-order valence-electron chi connectivity index (χ4n) is 1.35. The summed E-state index contributed by atoms with van der Waals surface area (Å²) in [7, 11) is 0. The van der Waals surface area contributed by atoms with Gasteiger partial charge in [-0.3, -0.25) is 10.1 Å². The highest BCUT2D eigenvalue weighted by atomic mass is 79.9. The zero-order valence-electron chi connectivity index (χ0n) is 9.15. The van der Waals surface area contributed by atoms with Crippen molar-refractivity contribution in [1.29, 1.82) is 0 Å². The molecule has 0 aliphatic heterocycles. The summed E-state index contributed by atoms with van der Waals surface area (Å²) in [6.07, 6.45) is -5.91. The number of phenols is 1. The fourth-order valence-corrected chi connectivity index (χ4v) is 1.82. The molecule has 0 saturated heterocycles. The number of nitro benzene ring substituents is 1. The first-order chi connectivity index (χ1) is 8.11. The Morgan fingerprint density at radius 2 is 2.00 bits per heavy atom. The number of hydrogen-bond acceptors (Lipinski definition) is 4. The van der Waals surface area contributed by atoms with Gasteiger partial charge in [0.2, 0.25) is 0 Å². The van der Waals surface area contributed by atoms with Crippen molar-refractivity contribution in [1.82, 2.24) is 0 Å². The molecular formula is C9H9BrClF3N2O3. The number of nitro groups is 1. The smallest absolute Gasteiger partial charge is 0.390 e. The number of alkyl halides is 3. The predicted octanol–water partition coefficient (Wildman–Crippen LogP) is 3.44. The highest BCUT2D eigenvalue weighted by Crippen LogP contribution is 2.38. The zero-order chi connectivity index (χ0) is 14.1. The predicted molar refractivity (Wildman–Crippen MR) is 67.3 cm³/mol. The van der Waals surface area contributed by atoms with E-state index in [1.807, 2.05) is 0 Å². The topological polar surface area (TPSA) is 89.4 Å². The third kappa shape index (κ3) is 4.84. The molecule has 5 nitrogen and oxygen atoms in total. The SMILES string of the molecule is Cl.N[C@@H](CC(F)(F)F)c1cc([N+](=O)[O-])cc(Br)c1O. The van der Waals surface area contributed by atoms with Crippen molar-refractivity contribution < 1.29 is 23.2 Å². The summed E-state index contributed by atoms with van der Waals surface area (Å²) in [5, 5.41) is 20.1. The van der Waals surface area contributed by atoms with Gasteiger partial charge in [0, 0.05) is 23.7 Å². The molecule has 0 unspecified atom stereocenters. The van der Waals surface area contributed by atoms with E-state index in [9.17, 15) is 28.4 Å². The molecule has 19 heavy (non-hydrogen) atoms. The first-order valence-corrected chi connectivity index (χ1v) is 5.40. The third-order valence-electron chi connectivity index (χ3n) is 2.14. The minimum absolute atomic E-state index is 0. The van der Waals surface area contributed by atoms with E-state index in [1.165, 1.54) is 0 Å². The zero-order valence-corrected chi connectivity index (χ0v) is 11.6. The van der Waals surface area contributed by atoms with Gasteiger partial charge in [-0.1, -0.05) is 0 Å². The van der Waals surface area contributed by atoms with Crippen LogP contribution in [0.25, 0.3) is 0 Å². The Bertz CT molecular complexity index is 485. The van der Waals surface area contributed by atoms with Crippen molar-refractivity contribution in [2.24, 2.45) is 5.73 Å². The van der Waals surface area contributed by atoms with Crippen LogP contribution < -0.4 is 5.73 Å². The minimum Gasteiger partial charge on any atom is -0.506 e. The summed E-state index contributed by atoms with van der Waals surface area (Å²) in [6, 6.07) is 0.247. The molecule has 0 radical (unpaired) electrons. The van der Waals surface area contributed by atoms with Gasteiger partial charge < -0.3 is 10.8 Å². The van der Waals surface area contributed by atoms with Crippen LogP contribution in [0, 0.1) is 10.1 Å². The van der Waals surface area contributed by atoms with E-state index >= 15 is 0 Å². The number of aromatic hydroxyl groups is 1. The first-order valence-electron chi connectivity index (χ1n) is 4.61. The van der Waals surface area contributed by atoms with Gasteiger partial charge in [0.15, 0.2) is 0 Å². The summed E-state index contributed by atoms with van der Waals surface area (Å²) in [4.78, 5) is 9.78. The van der Waals surface area contributed by atoms with Crippen molar-refractivity contribution in [3.63, 3.8) is 0 Å². The molecule has 0 aromatic heterocycles. The van der Waals surface area contributed by atoms with E-state index in [-0.39, 0.29) is 22.4 Å². The van der Waals surface area contributed by atoms with Crippen LogP contribution in [0.2, 0.25) is 0 Å². The van der Waals surface area contributed by atoms with Crippen LogP contribution in [-0.2, 0) is 0 Å². The van der Waals surface area contributed by atoms with Gasteiger partial charge in [-0.15, -0.1) is 12.4 Å². The molecule has 0 fully saturated rings. The Kier molecular flexibility index (Phi) is 6.04. The lowest BCUT2D eigenvalue weighted by Crippen LogP contribution is -2.20. The lowest BCUT2D eigenvalue weighted by atomic mass is 10.0. The maximum atomic E-state index is 12.2. The molecular weight excluding hydrogens is 356 g/mol. The molecule has 0 spiro atoms.